The van der Waals surface area contributed by atoms with Crippen molar-refractivity contribution in [3.8, 4) is 0 Å². The molecule has 2 aromatic rings. The first-order valence-corrected chi connectivity index (χ1v) is 9.10. The normalized spacial score (nSPS) is 10.7. The zero-order valence-corrected chi connectivity index (χ0v) is 17.1. The number of nitrogens with one attached hydrogen (secondary N) is 1. The number of benzene rings is 2. The molecule has 0 aliphatic carbocycles. The van der Waals surface area contributed by atoms with Gasteiger partial charge in [0.25, 0.3) is 5.91 Å². The summed E-state index contributed by atoms with van der Waals surface area (Å²) in [5.41, 5.74) is 3.41. The number of rotatable bonds is 6. The summed E-state index contributed by atoms with van der Waals surface area (Å²) in [5, 5.41) is 2.85. The highest BCUT2D eigenvalue weighted by atomic mass is 79.9. The Morgan fingerprint density at radius 3 is 2.27 bits per heavy atom. The topological polar surface area (TPSA) is 52.7 Å². The number of anilines is 1. The standard InChI is InChI=1S/C20H24BrN3O2/c1-14-11-17(21)9-10-18(14)22-19(25)13-24(4)20(26)16-7-5-15(6-8-16)12-23(2)3/h5-11H,12-13H2,1-4H3,(H,22,25). The Hall–Kier alpha value is -2.18. The van der Waals surface area contributed by atoms with Crippen LogP contribution < -0.4 is 5.32 Å². The van der Waals surface area contributed by atoms with E-state index in [2.05, 4.69) is 26.1 Å². The van der Waals surface area contributed by atoms with Crippen LogP contribution in [0.3, 0.4) is 0 Å². The van der Waals surface area contributed by atoms with Gasteiger partial charge >= 0.3 is 0 Å². The minimum absolute atomic E-state index is 0.00616. The van der Waals surface area contributed by atoms with Crippen molar-refractivity contribution in [3.05, 3.63) is 63.6 Å². The van der Waals surface area contributed by atoms with Crippen LogP contribution in [0.4, 0.5) is 5.69 Å². The highest BCUT2D eigenvalue weighted by Crippen LogP contribution is 2.20. The molecular weight excluding hydrogens is 394 g/mol. The lowest BCUT2D eigenvalue weighted by Crippen LogP contribution is -2.35. The summed E-state index contributed by atoms with van der Waals surface area (Å²) in [5.74, 6) is -0.403. The Morgan fingerprint density at radius 1 is 1.04 bits per heavy atom. The number of nitrogens with zero attached hydrogens (tertiary/aromatic N) is 2. The van der Waals surface area contributed by atoms with Crippen molar-refractivity contribution in [1.29, 1.82) is 0 Å². The summed E-state index contributed by atoms with van der Waals surface area (Å²) in [4.78, 5) is 28.2. The van der Waals surface area contributed by atoms with Gasteiger partial charge in [-0.3, -0.25) is 9.59 Å². The molecule has 0 fully saturated rings. The van der Waals surface area contributed by atoms with Crippen LogP contribution in [0.2, 0.25) is 0 Å². The lowest BCUT2D eigenvalue weighted by Gasteiger charge is -2.18. The Labute approximate surface area is 163 Å². The molecule has 2 rings (SSSR count). The Balaban J connectivity index is 1.96. The SMILES string of the molecule is Cc1cc(Br)ccc1NC(=O)CN(C)C(=O)c1ccc(CN(C)C)cc1. The van der Waals surface area contributed by atoms with Gasteiger partial charge in [0.2, 0.25) is 5.91 Å². The van der Waals surface area contributed by atoms with Gasteiger partial charge in [0.1, 0.15) is 0 Å². The van der Waals surface area contributed by atoms with Gasteiger partial charge in [0.15, 0.2) is 0 Å². The van der Waals surface area contributed by atoms with E-state index in [9.17, 15) is 9.59 Å². The van der Waals surface area contributed by atoms with E-state index in [0.29, 0.717) is 5.56 Å². The summed E-state index contributed by atoms with van der Waals surface area (Å²) in [6.07, 6.45) is 0. The molecule has 5 nitrogen and oxygen atoms in total. The van der Waals surface area contributed by atoms with Gasteiger partial charge in [-0.25, -0.2) is 0 Å². The largest absolute Gasteiger partial charge is 0.332 e. The Bertz CT molecular complexity index is 788. The van der Waals surface area contributed by atoms with Crippen molar-refractivity contribution in [2.75, 3.05) is 33.0 Å². The monoisotopic (exact) mass is 417 g/mol. The molecule has 0 unspecified atom stereocenters. The van der Waals surface area contributed by atoms with E-state index in [1.54, 1.807) is 19.2 Å². The molecule has 0 saturated heterocycles. The number of halogens is 1. The maximum absolute atomic E-state index is 12.5. The van der Waals surface area contributed by atoms with Crippen LogP contribution in [0.5, 0.6) is 0 Å². The van der Waals surface area contributed by atoms with Crippen molar-refractivity contribution in [2.45, 2.75) is 13.5 Å². The van der Waals surface area contributed by atoms with Crippen LogP contribution in [0.15, 0.2) is 46.9 Å². The maximum atomic E-state index is 12.5. The van der Waals surface area contributed by atoms with Crippen LogP contribution in [0, 0.1) is 6.92 Å². The number of carbonyl (C=O) groups is 2. The summed E-state index contributed by atoms with van der Waals surface area (Å²) in [7, 11) is 5.63. The number of carbonyl (C=O) groups excluding carboxylic acids is 2. The third kappa shape index (κ3) is 5.68. The van der Waals surface area contributed by atoms with Crippen molar-refractivity contribution in [1.82, 2.24) is 9.80 Å². The van der Waals surface area contributed by atoms with Crippen LogP contribution in [-0.4, -0.2) is 49.3 Å². The van der Waals surface area contributed by atoms with Gasteiger partial charge in [-0.1, -0.05) is 28.1 Å². The highest BCUT2D eigenvalue weighted by Gasteiger charge is 2.15. The first kappa shape index (κ1) is 20.1. The molecule has 2 amide bonds. The van der Waals surface area contributed by atoms with Crippen molar-refractivity contribution >= 4 is 33.4 Å². The number of hydrogen-bond acceptors (Lipinski definition) is 3. The molecule has 2 aromatic carbocycles. The average Bonchev–Trinajstić information content (AvgIpc) is 2.57. The molecule has 0 spiro atoms. The fourth-order valence-electron chi connectivity index (χ4n) is 2.58. The van der Waals surface area contributed by atoms with E-state index >= 15 is 0 Å². The molecule has 0 radical (unpaired) electrons. The molecular formula is C20H24BrN3O2. The predicted octanol–water partition coefficient (Wildman–Crippen LogP) is 3.53. The van der Waals surface area contributed by atoms with Crippen LogP contribution in [-0.2, 0) is 11.3 Å². The smallest absolute Gasteiger partial charge is 0.254 e. The van der Waals surface area contributed by atoms with Crippen molar-refractivity contribution in [2.24, 2.45) is 0 Å². The minimum Gasteiger partial charge on any atom is -0.332 e. The second kappa shape index (κ2) is 8.96. The molecule has 0 saturated carbocycles. The van der Waals surface area contributed by atoms with Crippen molar-refractivity contribution < 1.29 is 9.59 Å². The molecule has 6 heteroatoms. The van der Waals surface area contributed by atoms with Crippen LogP contribution >= 0.6 is 15.9 Å². The third-order valence-corrected chi connectivity index (χ3v) is 4.38. The average molecular weight is 418 g/mol. The van der Waals surface area contributed by atoms with E-state index in [-0.39, 0.29) is 18.4 Å². The third-order valence-electron chi connectivity index (χ3n) is 3.89. The second-order valence-electron chi connectivity index (χ2n) is 6.60. The molecule has 138 valence electrons. The van der Waals surface area contributed by atoms with E-state index in [1.807, 2.05) is 51.4 Å². The molecule has 0 aromatic heterocycles. The first-order chi connectivity index (χ1) is 12.3. The van der Waals surface area contributed by atoms with Gasteiger partial charge in [-0.2, -0.15) is 0 Å². The number of hydrogen-bond donors (Lipinski definition) is 1. The molecule has 0 aliphatic rings. The Kier molecular flexibility index (Phi) is 6.94. The quantitative estimate of drug-likeness (QED) is 0.781. The summed E-state index contributed by atoms with van der Waals surface area (Å²) in [6, 6.07) is 13.1. The molecule has 0 aliphatic heterocycles. The summed E-state index contributed by atoms with van der Waals surface area (Å²) in [6.45, 7) is 2.73. The molecule has 1 N–H and O–H groups in total. The van der Waals surface area contributed by atoms with Gasteiger partial charge in [-0.05, 0) is 62.5 Å². The second-order valence-corrected chi connectivity index (χ2v) is 7.52. The van der Waals surface area contributed by atoms with E-state index in [0.717, 1.165) is 27.8 Å². The number of aryl methyl sites for hydroxylation is 1. The highest BCUT2D eigenvalue weighted by molar-refractivity contribution is 9.10. The fourth-order valence-corrected chi connectivity index (χ4v) is 3.06. The molecule has 26 heavy (non-hydrogen) atoms. The van der Waals surface area contributed by atoms with E-state index < -0.39 is 0 Å². The lowest BCUT2D eigenvalue weighted by molar-refractivity contribution is -0.116. The summed E-state index contributed by atoms with van der Waals surface area (Å²) >= 11 is 3.40. The Morgan fingerprint density at radius 2 is 1.69 bits per heavy atom. The zero-order chi connectivity index (χ0) is 19.3. The molecule has 0 atom stereocenters. The summed E-state index contributed by atoms with van der Waals surface area (Å²) < 4.78 is 0.956. The van der Waals surface area contributed by atoms with Gasteiger partial charge < -0.3 is 15.1 Å². The number of likely N-dealkylation sites (N-methyl/N-ethyl adjacent to an activating group) is 1. The van der Waals surface area contributed by atoms with E-state index in [4.69, 9.17) is 0 Å². The molecule has 0 heterocycles. The van der Waals surface area contributed by atoms with Gasteiger partial charge in [-0.15, -0.1) is 0 Å². The van der Waals surface area contributed by atoms with Crippen LogP contribution in [0.1, 0.15) is 21.5 Å². The minimum atomic E-state index is -0.226. The predicted molar refractivity (Wildman–Crippen MR) is 108 cm³/mol. The van der Waals surface area contributed by atoms with Gasteiger partial charge in [0.05, 0.1) is 6.54 Å². The van der Waals surface area contributed by atoms with Crippen LogP contribution in [0.25, 0.3) is 0 Å². The lowest BCUT2D eigenvalue weighted by atomic mass is 10.1. The number of amides is 2. The van der Waals surface area contributed by atoms with Gasteiger partial charge in [0, 0.05) is 29.3 Å². The van der Waals surface area contributed by atoms with Crippen molar-refractivity contribution in [3.63, 3.8) is 0 Å². The molecule has 0 bridgehead atoms. The maximum Gasteiger partial charge on any atom is 0.254 e. The zero-order valence-electron chi connectivity index (χ0n) is 15.5. The first-order valence-electron chi connectivity index (χ1n) is 8.31. The van der Waals surface area contributed by atoms with E-state index in [1.165, 1.54) is 4.90 Å². The fraction of sp³-hybridized carbons (Fsp3) is 0.300.